The molecule has 0 aliphatic carbocycles. The van der Waals surface area contributed by atoms with E-state index in [4.69, 9.17) is 0 Å². The van der Waals surface area contributed by atoms with Gasteiger partial charge in [-0.3, -0.25) is 19.0 Å². The number of amides is 1. The van der Waals surface area contributed by atoms with E-state index >= 15 is 0 Å². The van der Waals surface area contributed by atoms with Gasteiger partial charge in [0.15, 0.2) is 0 Å². The Morgan fingerprint density at radius 3 is 2.33 bits per heavy atom. The maximum absolute atomic E-state index is 13.1. The molecular formula is C24H20FN5O3. The first-order valence-corrected chi connectivity index (χ1v) is 10.2. The minimum Gasteiger partial charge on any atom is -0.353 e. The molecule has 0 atom stereocenters. The number of carbonyl (C=O) groups is 1. The average molecular weight is 445 g/mol. The highest BCUT2D eigenvalue weighted by molar-refractivity contribution is 5.75. The van der Waals surface area contributed by atoms with E-state index in [1.165, 1.54) is 41.2 Å². The lowest BCUT2D eigenvalue weighted by Gasteiger charge is -2.10. The molecule has 0 saturated heterocycles. The van der Waals surface area contributed by atoms with Gasteiger partial charge in [0.25, 0.3) is 11.1 Å². The van der Waals surface area contributed by atoms with Gasteiger partial charge in [0, 0.05) is 36.3 Å². The van der Waals surface area contributed by atoms with Gasteiger partial charge in [-0.15, -0.1) is 0 Å². The Morgan fingerprint density at radius 1 is 0.879 bits per heavy atom. The van der Waals surface area contributed by atoms with Crippen molar-refractivity contribution < 1.29 is 9.18 Å². The molecule has 4 aromatic rings. The largest absolute Gasteiger partial charge is 0.353 e. The van der Waals surface area contributed by atoms with E-state index < -0.39 is 11.5 Å². The smallest absolute Gasteiger partial charge is 0.267 e. The van der Waals surface area contributed by atoms with Crippen molar-refractivity contribution in [2.24, 2.45) is 0 Å². The zero-order valence-corrected chi connectivity index (χ0v) is 17.5. The van der Waals surface area contributed by atoms with E-state index in [0.29, 0.717) is 17.0 Å². The quantitative estimate of drug-likeness (QED) is 0.470. The van der Waals surface area contributed by atoms with Gasteiger partial charge in [0.05, 0.1) is 17.7 Å². The van der Waals surface area contributed by atoms with Crippen LogP contribution in [0.15, 0.2) is 88.7 Å². The third-order valence-electron chi connectivity index (χ3n) is 4.92. The van der Waals surface area contributed by atoms with E-state index in [-0.39, 0.29) is 31.0 Å². The number of carbonyl (C=O) groups excluding carboxylic acids is 1. The number of halogens is 1. The molecular weight excluding hydrogens is 425 g/mol. The molecule has 4 rings (SSSR count). The van der Waals surface area contributed by atoms with Crippen molar-refractivity contribution in [3.63, 3.8) is 0 Å². The Bertz CT molecular complexity index is 1380. The van der Waals surface area contributed by atoms with Gasteiger partial charge in [0.2, 0.25) is 5.91 Å². The number of benzene rings is 2. The maximum Gasteiger partial charge on any atom is 0.267 e. The summed E-state index contributed by atoms with van der Waals surface area (Å²) in [6.07, 6.45) is 1.44. The van der Waals surface area contributed by atoms with Gasteiger partial charge in [-0.25, -0.2) is 14.1 Å². The van der Waals surface area contributed by atoms with Crippen LogP contribution < -0.4 is 16.4 Å². The van der Waals surface area contributed by atoms with Gasteiger partial charge in [-0.1, -0.05) is 30.3 Å². The molecule has 2 heterocycles. The fraction of sp³-hybridized carbons (Fsp3) is 0.125. The third kappa shape index (κ3) is 5.45. The van der Waals surface area contributed by atoms with Crippen molar-refractivity contribution in [3.8, 4) is 22.5 Å². The van der Waals surface area contributed by atoms with Crippen LogP contribution in [0.4, 0.5) is 4.39 Å². The second-order valence-corrected chi connectivity index (χ2v) is 7.24. The molecule has 8 nitrogen and oxygen atoms in total. The number of nitrogens with zero attached hydrogens (tertiary/aromatic N) is 4. The number of nitrogens with one attached hydrogen (secondary N) is 1. The molecule has 1 N–H and O–H groups in total. The summed E-state index contributed by atoms with van der Waals surface area (Å²) in [5, 5.41) is 6.86. The zero-order chi connectivity index (χ0) is 23.2. The first-order valence-electron chi connectivity index (χ1n) is 10.2. The maximum atomic E-state index is 13.1. The minimum absolute atomic E-state index is 0.178. The van der Waals surface area contributed by atoms with Crippen LogP contribution in [0.3, 0.4) is 0 Å². The molecule has 0 aliphatic heterocycles. The fourth-order valence-corrected chi connectivity index (χ4v) is 3.21. The molecule has 0 saturated carbocycles. The molecule has 0 spiro atoms. The highest BCUT2D eigenvalue weighted by Crippen LogP contribution is 2.15. The molecule has 1 amide bonds. The summed E-state index contributed by atoms with van der Waals surface area (Å²) in [4.78, 5) is 41.0. The lowest BCUT2D eigenvalue weighted by atomic mass is 10.1. The predicted molar refractivity (Wildman–Crippen MR) is 121 cm³/mol. The van der Waals surface area contributed by atoms with E-state index in [0.717, 1.165) is 10.2 Å². The fourth-order valence-electron chi connectivity index (χ4n) is 3.21. The summed E-state index contributed by atoms with van der Waals surface area (Å²) >= 11 is 0. The standard InChI is InChI=1S/C24H20FN5O3/c25-19-8-6-18(7-9-19)20-10-11-23(32)30(28-20)15-22(31)26-12-13-29-16-27-21(14-24(29)33)17-4-2-1-3-5-17/h1-11,14,16H,12-13,15H2,(H,26,31). The Hall–Kier alpha value is -4.40. The van der Waals surface area contributed by atoms with Gasteiger partial charge >= 0.3 is 0 Å². The first-order chi connectivity index (χ1) is 16.0. The van der Waals surface area contributed by atoms with Crippen LogP contribution in [0.1, 0.15) is 0 Å². The topological polar surface area (TPSA) is 98.9 Å². The normalized spacial score (nSPS) is 10.7. The van der Waals surface area contributed by atoms with Crippen LogP contribution in [0.25, 0.3) is 22.5 Å². The van der Waals surface area contributed by atoms with E-state index in [1.54, 1.807) is 12.1 Å². The molecule has 33 heavy (non-hydrogen) atoms. The van der Waals surface area contributed by atoms with Crippen LogP contribution in [-0.4, -0.2) is 31.8 Å². The van der Waals surface area contributed by atoms with Crippen LogP contribution in [0.5, 0.6) is 0 Å². The number of hydrogen-bond donors (Lipinski definition) is 1. The van der Waals surface area contributed by atoms with E-state index in [2.05, 4.69) is 15.4 Å². The van der Waals surface area contributed by atoms with Crippen molar-refractivity contribution >= 4 is 5.91 Å². The van der Waals surface area contributed by atoms with Crippen molar-refractivity contribution in [1.82, 2.24) is 24.6 Å². The van der Waals surface area contributed by atoms with Crippen molar-refractivity contribution in [3.05, 3.63) is 106 Å². The third-order valence-corrected chi connectivity index (χ3v) is 4.92. The predicted octanol–water partition coefficient (Wildman–Crippen LogP) is 2.09. The summed E-state index contributed by atoms with van der Waals surface area (Å²) in [7, 11) is 0. The Morgan fingerprint density at radius 2 is 1.61 bits per heavy atom. The second-order valence-electron chi connectivity index (χ2n) is 7.24. The summed E-state index contributed by atoms with van der Waals surface area (Å²) in [6.45, 7) is 0.121. The minimum atomic E-state index is -0.437. The lowest BCUT2D eigenvalue weighted by Crippen LogP contribution is -2.36. The van der Waals surface area contributed by atoms with Gasteiger partial charge < -0.3 is 5.32 Å². The molecule has 0 radical (unpaired) electrons. The lowest BCUT2D eigenvalue weighted by molar-refractivity contribution is -0.121. The van der Waals surface area contributed by atoms with Gasteiger partial charge in [0.1, 0.15) is 12.4 Å². The van der Waals surface area contributed by atoms with Crippen molar-refractivity contribution in [2.45, 2.75) is 13.1 Å². The molecule has 0 fully saturated rings. The molecule has 9 heteroatoms. The monoisotopic (exact) mass is 445 g/mol. The molecule has 0 aliphatic rings. The van der Waals surface area contributed by atoms with Crippen molar-refractivity contribution in [2.75, 3.05) is 6.54 Å². The molecule has 166 valence electrons. The highest BCUT2D eigenvalue weighted by atomic mass is 19.1. The summed E-state index contributed by atoms with van der Waals surface area (Å²) in [6, 6.07) is 19.3. The van der Waals surface area contributed by atoms with Crippen LogP contribution in [0.2, 0.25) is 0 Å². The Kier molecular flexibility index (Phi) is 6.49. The summed E-state index contributed by atoms with van der Waals surface area (Å²) in [5.41, 5.74) is 1.81. The van der Waals surface area contributed by atoms with Crippen LogP contribution >= 0.6 is 0 Å². The van der Waals surface area contributed by atoms with E-state index in [1.807, 2.05) is 30.3 Å². The molecule has 0 bridgehead atoms. The van der Waals surface area contributed by atoms with Crippen molar-refractivity contribution in [1.29, 1.82) is 0 Å². The molecule has 0 unspecified atom stereocenters. The Balaban J connectivity index is 1.36. The Labute approximate surface area is 188 Å². The van der Waals surface area contributed by atoms with E-state index in [9.17, 15) is 18.8 Å². The first kappa shape index (κ1) is 21.8. The summed E-state index contributed by atoms with van der Waals surface area (Å²) in [5.74, 6) is -0.807. The number of rotatable bonds is 7. The number of aromatic nitrogens is 4. The highest BCUT2D eigenvalue weighted by Gasteiger charge is 2.09. The summed E-state index contributed by atoms with van der Waals surface area (Å²) < 4.78 is 15.6. The molecule has 2 aromatic carbocycles. The second kappa shape index (κ2) is 9.82. The average Bonchev–Trinajstić information content (AvgIpc) is 2.82. The van der Waals surface area contributed by atoms with Crippen LogP contribution in [0, 0.1) is 5.82 Å². The number of hydrogen-bond acceptors (Lipinski definition) is 5. The SMILES string of the molecule is O=C(Cn1nc(-c2ccc(F)cc2)ccc1=O)NCCn1cnc(-c2ccccc2)cc1=O. The van der Waals surface area contributed by atoms with Crippen LogP contribution in [-0.2, 0) is 17.9 Å². The van der Waals surface area contributed by atoms with Gasteiger partial charge in [-0.05, 0) is 30.3 Å². The van der Waals surface area contributed by atoms with Gasteiger partial charge in [-0.2, -0.15) is 5.10 Å². The zero-order valence-electron chi connectivity index (χ0n) is 17.5. The molecule has 2 aromatic heterocycles.